The third-order valence-electron chi connectivity index (χ3n) is 3.25. The SMILES string of the molecule is c1ccc(CCCCCCOC2CCCO2)nc1. The summed E-state index contributed by atoms with van der Waals surface area (Å²) >= 11 is 0. The summed E-state index contributed by atoms with van der Waals surface area (Å²) < 4.78 is 11.0. The maximum atomic E-state index is 5.63. The summed E-state index contributed by atoms with van der Waals surface area (Å²) in [6.45, 7) is 1.71. The molecule has 0 aliphatic carbocycles. The van der Waals surface area contributed by atoms with E-state index in [4.69, 9.17) is 9.47 Å². The van der Waals surface area contributed by atoms with Crippen molar-refractivity contribution < 1.29 is 9.47 Å². The van der Waals surface area contributed by atoms with Crippen LogP contribution in [0.1, 0.15) is 44.2 Å². The molecule has 0 amide bonds. The molecule has 1 aromatic rings. The van der Waals surface area contributed by atoms with Crippen LogP contribution in [-0.4, -0.2) is 24.5 Å². The van der Waals surface area contributed by atoms with Gasteiger partial charge < -0.3 is 9.47 Å². The van der Waals surface area contributed by atoms with E-state index in [1.807, 2.05) is 12.3 Å². The highest BCUT2D eigenvalue weighted by Gasteiger charge is 2.14. The molecule has 1 aromatic heterocycles. The van der Waals surface area contributed by atoms with Crippen molar-refractivity contribution in [1.29, 1.82) is 0 Å². The number of unbranched alkanes of at least 4 members (excludes halogenated alkanes) is 3. The van der Waals surface area contributed by atoms with Crippen molar-refractivity contribution in [3.05, 3.63) is 30.1 Å². The lowest BCUT2D eigenvalue weighted by molar-refractivity contribution is -0.111. The highest BCUT2D eigenvalue weighted by Crippen LogP contribution is 2.14. The smallest absolute Gasteiger partial charge is 0.157 e. The molecule has 1 unspecified atom stereocenters. The quantitative estimate of drug-likeness (QED) is 0.662. The number of rotatable bonds is 8. The van der Waals surface area contributed by atoms with E-state index in [0.717, 1.165) is 38.9 Å². The molecule has 0 N–H and O–H groups in total. The Balaban J connectivity index is 1.42. The zero-order valence-corrected chi connectivity index (χ0v) is 11.0. The van der Waals surface area contributed by atoms with Crippen molar-refractivity contribution in [2.24, 2.45) is 0 Å². The normalized spacial score (nSPS) is 19.2. The van der Waals surface area contributed by atoms with Crippen LogP contribution in [0.15, 0.2) is 24.4 Å². The molecule has 1 atom stereocenters. The second-order valence-corrected chi connectivity index (χ2v) is 4.80. The van der Waals surface area contributed by atoms with Gasteiger partial charge in [-0.25, -0.2) is 0 Å². The molecule has 1 saturated heterocycles. The Morgan fingerprint density at radius 3 is 2.94 bits per heavy atom. The second kappa shape index (κ2) is 8.22. The zero-order chi connectivity index (χ0) is 12.5. The molecule has 3 heteroatoms. The molecule has 2 rings (SSSR count). The maximum Gasteiger partial charge on any atom is 0.157 e. The summed E-state index contributed by atoms with van der Waals surface area (Å²) in [5, 5.41) is 0. The third kappa shape index (κ3) is 5.15. The number of aryl methyl sites for hydroxylation is 1. The molecule has 0 aromatic carbocycles. The van der Waals surface area contributed by atoms with Crippen LogP contribution in [0.2, 0.25) is 0 Å². The zero-order valence-electron chi connectivity index (χ0n) is 11.0. The van der Waals surface area contributed by atoms with Gasteiger partial charge in [0, 0.05) is 31.5 Å². The van der Waals surface area contributed by atoms with E-state index in [1.54, 1.807) is 0 Å². The first-order valence-electron chi connectivity index (χ1n) is 7.08. The van der Waals surface area contributed by atoms with Gasteiger partial charge in [-0.3, -0.25) is 4.98 Å². The third-order valence-corrected chi connectivity index (χ3v) is 3.25. The first-order chi connectivity index (χ1) is 8.95. The van der Waals surface area contributed by atoms with E-state index in [1.165, 1.54) is 25.0 Å². The van der Waals surface area contributed by atoms with Crippen molar-refractivity contribution in [2.45, 2.75) is 51.2 Å². The lowest BCUT2D eigenvalue weighted by Crippen LogP contribution is -2.11. The molecule has 1 fully saturated rings. The number of hydrogen-bond acceptors (Lipinski definition) is 3. The molecule has 3 nitrogen and oxygen atoms in total. The van der Waals surface area contributed by atoms with Crippen LogP contribution < -0.4 is 0 Å². The first-order valence-corrected chi connectivity index (χ1v) is 7.08. The molecule has 0 saturated carbocycles. The first kappa shape index (κ1) is 13.5. The van der Waals surface area contributed by atoms with Gasteiger partial charge in [-0.1, -0.05) is 18.9 Å². The van der Waals surface area contributed by atoms with Gasteiger partial charge in [0.25, 0.3) is 0 Å². The number of ether oxygens (including phenoxy) is 2. The minimum Gasteiger partial charge on any atom is -0.353 e. The molecular weight excluding hydrogens is 226 g/mol. The van der Waals surface area contributed by atoms with Gasteiger partial charge in [0.1, 0.15) is 0 Å². The lowest BCUT2D eigenvalue weighted by Gasteiger charge is -2.10. The number of nitrogens with zero attached hydrogens (tertiary/aromatic N) is 1. The Morgan fingerprint density at radius 2 is 2.17 bits per heavy atom. The van der Waals surface area contributed by atoms with E-state index in [0.29, 0.717) is 0 Å². The Bertz CT molecular complexity index is 310. The molecule has 1 aliphatic rings. The Labute approximate surface area is 110 Å². The van der Waals surface area contributed by atoms with E-state index >= 15 is 0 Å². The number of pyridine rings is 1. The Hall–Kier alpha value is -0.930. The average Bonchev–Trinajstić information content (AvgIpc) is 2.92. The van der Waals surface area contributed by atoms with Crippen LogP contribution >= 0.6 is 0 Å². The van der Waals surface area contributed by atoms with Crippen molar-refractivity contribution in [3.63, 3.8) is 0 Å². The molecule has 0 radical (unpaired) electrons. The number of aromatic nitrogens is 1. The molecule has 100 valence electrons. The lowest BCUT2D eigenvalue weighted by atomic mass is 10.1. The topological polar surface area (TPSA) is 31.4 Å². The minimum absolute atomic E-state index is 0.0820. The predicted octanol–water partition coefficient (Wildman–Crippen LogP) is 3.34. The van der Waals surface area contributed by atoms with Crippen LogP contribution in [0.25, 0.3) is 0 Å². The summed E-state index contributed by atoms with van der Waals surface area (Å²) in [7, 11) is 0. The second-order valence-electron chi connectivity index (χ2n) is 4.80. The van der Waals surface area contributed by atoms with Gasteiger partial charge in [-0.05, 0) is 37.8 Å². The number of hydrogen-bond donors (Lipinski definition) is 0. The molecule has 0 bridgehead atoms. The predicted molar refractivity (Wildman–Crippen MR) is 71.3 cm³/mol. The van der Waals surface area contributed by atoms with Gasteiger partial charge in [0.2, 0.25) is 0 Å². The van der Waals surface area contributed by atoms with Gasteiger partial charge >= 0.3 is 0 Å². The van der Waals surface area contributed by atoms with Crippen molar-refractivity contribution >= 4 is 0 Å². The molecule has 2 heterocycles. The highest BCUT2D eigenvalue weighted by molar-refractivity contribution is 5.03. The van der Waals surface area contributed by atoms with Gasteiger partial charge in [0.15, 0.2) is 6.29 Å². The molecule has 0 spiro atoms. The van der Waals surface area contributed by atoms with Gasteiger partial charge in [-0.15, -0.1) is 0 Å². The fraction of sp³-hybridized carbons (Fsp3) is 0.667. The Morgan fingerprint density at radius 1 is 1.22 bits per heavy atom. The average molecular weight is 249 g/mol. The Kier molecular flexibility index (Phi) is 6.17. The van der Waals surface area contributed by atoms with Crippen LogP contribution in [0.4, 0.5) is 0 Å². The summed E-state index contributed by atoms with van der Waals surface area (Å²) in [4.78, 5) is 4.32. The van der Waals surface area contributed by atoms with Crippen LogP contribution in [0.5, 0.6) is 0 Å². The maximum absolute atomic E-state index is 5.63. The summed E-state index contributed by atoms with van der Waals surface area (Å²) in [5.41, 5.74) is 1.20. The van der Waals surface area contributed by atoms with Gasteiger partial charge in [0.05, 0.1) is 0 Å². The van der Waals surface area contributed by atoms with Crippen molar-refractivity contribution in [3.8, 4) is 0 Å². The van der Waals surface area contributed by atoms with Crippen molar-refractivity contribution in [1.82, 2.24) is 4.98 Å². The fourth-order valence-electron chi connectivity index (χ4n) is 2.20. The van der Waals surface area contributed by atoms with Crippen molar-refractivity contribution in [2.75, 3.05) is 13.2 Å². The van der Waals surface area contributed by atoms with Crippen LogP contribution in [-0.2, 0) is 15.9 Å². The molecular formula is C15H23NO2. The fourth-order valence-corrected chi connectivity index (χ4v) is 2.20. The van der Waals surface area contributed by atoms with Gasteiger partial charge in [-0.2, -0.15) is 0 Å². The standard InChI is InChI=1S/C15H23NO2/c1(3-8-14-9-4-5-11-16-14)2-6-12-17-15-10-7-13-18-15/h4-5,9,11,15H,1-3,6-8,10,12-13H2. The largest absolute Gasteiger partial charge is 0.353 e. The van der Waals surface area contributed by atoms with E-state index in [9.17, 15) is 0 Å². The van der Waals surface area contributed by atoms with Crippen LogP contribution in [0, 0.1) is 0 Å². The van der Waals surface area contributed by atoms with E-state index in [-0.39, 0.29) is 6.29 Å². The summed E-state index contributed by atoms with van der Waals surface area (Å²) in [5.74, 6) is 0. The van der Waals surface area contributed by atoms with Crippen LogP contribution in [0.3, 0.4) is 0 Å². The highest BCUT2D eigenvalue weighted by atomic mass is 16.7. The van der Waals surface area contributed by atoms with E-state index < -0.39 is 0 Å². The summed E-state index contributed by atoms with van der Waals surface area (Å²) in [6.07, 6.45) is 10.1. The molecule has 18 heavy (non-hydrogen) atoms. The summed E-state index contributed by atoms with van der Waals surface area (Å²) in [6, 6.07) is 6.12. The monoisotopic (exact) mass is 249 g/mol. The molecule has 1 aliphatic heterocycles. The van der Waals surface area contributed by atoms with E-state index in [2.05, 4.69) is 17.1 Å². The minimum atomic E-state index is 0.0820.